The summed E-state index contributed by atoms with van der Waals surface area (Å²) in [6, 6.07) is 4.82. The Morgan fingerprint density at radius 2 is 2.08 bits per heavy atom. The van der Waals surface area contributed by atoms with Crippen LogP contribution in [0.3, 0.4) is 0 Å². The van der Waals surface area contributed by atoms with Gasteiger partial charge in [0.1, 0.15) is 0 Å². The maximum absolute atomic E-state index is 12.8. The molecule has 0 saturated heterocycles. The molecule has 0 saturated carbocycles. The molecule has 3 rings (SSSR count). The van der Waals surface area contributed by atoms with Crippen LogP contribution in [0, 0.1) is 0 Å². The van der Waals surface area contributed by atoms with E-state index in [0.717, 1.165) is 12.1 Å². The number of benzene rings is 1. The number of aromatic nitrogens is 4. The summed E-state index contributed by atoms with van der Waals surface area (Å²) >= 11 is 0. The highest BCUT2D eigenvalue weighted by atomic mass is 19.4. The number of halogens is 3. The Hall–Kier alpha value is -2.88. The van der Waals surface area contributed by atoms with Crippen LogP contribution >= 0.6 is 0 Å². The zero-order chi connectivity index (χ0) is 17.2. The van der Waals surface area contributed by atoms with Gasteiger partial charge in [0.25, 0.3) is 0 Å². The van der Waals surface area contributed by atoms with E-state index >= 15 is 0 Å². The second kappa shape index (κ2) is 6.32. The summed E-state index contributed by atoms with van der Waals surface area (Å²) in [6.45, 7) is 0.933. The number of anilines is 3. The van der Waals surface area contributed by atoms with Crippen molar-refractivity contribution in [2.75, 3.05) is 23.7 Å². The summed E-state index contributed by atoms with van der Waals surface area (Å²) in [5.74, 6) is 0.658. The molecular weight excluding hydrogens is 323 g/mol. The molecule has 0 bridgehead atoms. The molecule has 0 aliphatic heterocycles. The van der Waals surface area contributed by atoms with Crippen LogP contribution in [0.5, 0.6) is 0 Å². The monoisotopic (exact) mass is 337 g/mol. The molecule has 0 unspecified atom stereocenters. The van der Waals surface area contributed by atoms with Crippen LogP contribution in [-0.2, 0) is 6.18 Å². The second-order valence-corrected chi connectivity index (χ2v) is 4.90. The van der Waals surface area contributed by atoms with Gasteiger partial charge in [-0.1, -0.05) is 6.07 Å². The highest BCUT2D eigenvalue weighted by molar-refractivity contribution is 5.65. The molecule has 10 heteroatoms. The lowest BCUT2D eigenvalue weighted by molar-refractivity contribution is -0.137. The van der Waals surface area contributed by atoms with Gasteiger partial charge in [0.05, 0.1) is 5.56 Å². The van der Waals surface area contributed by atoms with E-state index in [1.165, 1.54) is 22.8 Å². The number of nitrogens with two attached hydrogens (primary N) is 1. The van der Waals surface area contributed by atoms with Gasteiger partial charge in [0, 0.05) is 31.2 Å². The maximum atomic E-state index is 12.8. The first kappa shape index (κ1) is 16.0. The molecular formula is C14H14F3N7. The van der Waals surface area contributed by atoms with Crippen molar-refractivity contribution in [3.05, 3.63) is 42.2 Å². The first-order chi connectivity index (χ1) is 11.5. The standard InChI is InChI=1S/C14H14F3N7/c15-14(16,17)9-2-1-3-10(8-9)21-13-22-12-11(19-5-4-18)20-6-7-24(12)23-13/h1-3,6-8H,4-5,18H2,(H,19,20)(H,21,23). The zero-order valence-corrected chi connectivity index (χ0v) is 12.4. The van der Waals surface area contributed by atoms with Crippen molar-refractivity contribution in [3.63, 3.8) is 0 Å². The Morgan fingerprint density at radius 3 is 2.83 bits per heavy atom. The molecule has 4 N–H and O–H groups in total. The third-order valence-corrected chi connectivity index (χ3v) is 3.14. The van der Waals surface area contributed by atoms with Gasteiger partial charge >= 0.3 is 6.18 Å². The maximum Gasteiger partial charge on any atom is 0.416 e. The minimum atomic E-state index is -4.41. The predicted molar refractivity (Wildman–Crippen MR) is 83.1 cm³/mol. The molecule has 0 spiro atoms. The molecule has 24 heavy (non-hydrogen) atoms. The van der Waals surface area contributed by atoms with Crippen LogP contribution in [-0.4, -0.2) is 32.7 Å². The van der Waals surface area contributed by atoms with Crippen LogP contribution in [0.4, 0.5) is 30.6 Å². The van der Waals surface area contributed by atoms with Crippen LogP contribution in [0.1, 0.15) is 5.56 Å². The SMILES string of the molecule is NCCNc1nccn2nc(Nc3cccc(C(F)(F)F)c3)nc12. The van der Waals surface area contributed by atoms with Gasteiger partial charge in [0.2, 0.25) is 5.95 Å². The molecule has 1 aromatic carbocycles. The van der Waals surface area contributed by atoms with Crippen LogP contribution in [0.2, 0.25) is 0 Å². The Labute approximate surface area is 134 Å². The first-order valence-corrected chi connectivity index (χ1v) is 7.07. The summed E-state index contributed by atoms with van der Waals surface area (Å²) < 4.78 is 39.7. The smallest absolute Gasteiger partial charge is 0.366 e. The van der Waals surface area contributed by atoms with Crippen molar-refractivity contribution in [3.8, 4) is 0 Å². The highest BCUT2D eigenvalue weighted by Crippen LogP contribution is 2.31. The van der Waals surface area contributed by atoms with E-state index < -0.39 is 11.7 Å². The van der Waals surface area contributed by atoms with Gasteiger partial charge in [-0.15, -0.1) is 5.10 Å². The molecule has 126 valence electrons. The average Bonchev–Trinajstić information content (AvgIpc) is 2.95. The largest absolute Gasteiger partial charge is 0.416 e. The van der Waals surface area contributed by atoms with Crippen molar-refractivity contribution in [2.45, 2.75) is 6.18 Å². The number of fused-ring (bicyclic) bond motifs is 1. The van der Waals surface area contributed by atoms with Gasteiger partial charge in [-0.05, 0) is 18.2 Å². The van der Waals surface area contributed by atoms with Crippen LogP contribution in [0.15, 0.2) is 36.7 Å². The van der Waals surface area contributed by atoms with Crippen molar-refractivity contribution >= 4 is 23.1 Å². The quantitative estimate of drug-likeness (QED) is 0.661. The Balaban J connectivity index is 1.88. The normalized spacial score (nSPS) is 11.7. The van der Waals surface area contributed by atoms with Gasteiger partial charge in [-0.3, -0.25) is 0 Å². The van der Waals surface area contributed by atoms with E-state index in [1.54, 1.807) is 6.20 Å². The predicted octanol–water partition coefficient (Wildman–Crippen LogP) is 2.26. The molecule has 0 radical (unpaired) electrons. The summed E-state index contributed by atoms with van der Waals surface area (Å²) in [4.78, 5) is 8.39. The Kier molecular flexibility index (Phi) is 4.21. The minimum absolute atomic E-state index is 0.165. The van der Waals surface area contributed by atoms with E-state index in [1.807, 2.05) is 0 Å². The van der Waals surface area contributed by atoms with Crippen molar-refractivity contribution in [2.24, 2.45) is 5.73 Å². The molecule has 3 aromatic rings. The summed E-state index contributed by atoms with van der Waals surface area (Å²) in [5, 5.41) is 9.94. The number of nitrogens with one attached hydrogen (secondary N) is 2. The average molecular weight is 337 g/mol. The summed E-state index contributed by atoms with van der Waals surface area (Å²) in [5.41, 5.74) is 5.38. The summed E-state index contributed by atoms with van der Waals surface area (Å²) in [7, 11) is 0. The fourth-order valence-corrected chi connectivity index (χ4v) is 2.09. The lowest BCUT2D eigenvalue weighted by atomic mass is 10.2. The first-order valence-electron chi connectivity index (χ1n) is 7.07. The lowest BCUT2D eigenvalue weighted by Gasteiger charge is -2.08. The third kappa shape index (κ3) is 3.38. The number of hydrogen-bond donors (Lipinski definition) is 3. The topological polar surface area (TPSA) is 93.2 Å². The fraction of sp³-hybridized carbons (Fsp3) is 0.214. The van der Waals surface area contributed by atoms with Crippen LogP contribution < -0.4 is 16.4 Å². The van der Waals surface area contributed by atoms with Gasteiger partial charge in [-0.2, -0.15) is 18.2 Å². The van der Waals surface area contributed by atoms with Crippen LogP contribution in [0.25, 0.3) is 5.65 Å². The molecule has 2 aromatic heterocycles. The summed E-state index contributed by atoms with van der Waals surface area (Å²) in [6.07, 6.45) is -1.28. The van der Waals surface area contributed by atoms with E-state index in [-0.39, 0.29) is 11.6 Å². The number of rotatable bonds is 5. The number of hydrogen-bond acceptors (Lipinski definition) is 6. The van der Waals surface area contributed by atoms with E-state index in [2.05, 4.69) is 25.7 Å². The Morgan fingerprint density at radius 1 is 1.25 bits per heavy atom. The van der Waals surface area contributed by atoms with Gasteiger partial charge in [-0.25, -0.2) is 9.50 Å². The van der Waals surface area contributed by atoms with Crippen molar-refractivity contribution in [1.29, 1.82) is 0 Å². The van der Waals surface area contributed by atoms with E-state index in [9.17, 15) is 13.2 Å². The number of nitrogens with zero attached hydrogens (tertiary/aromatic N) is 4. The Bertz CT molecular complexity index is 844. The second-order valence-electron chi connectivity index (χ2n) is 4.90. The van der Waals surface area contributed by atoms with Gasteiger partial charge < -0.3 is 16.4 Å². The molecule has 0 atom stereocenters. The third-order valence-electron chi connectivity index (χ3n) is 3.14. The van der Waals surface area contributed by atoms with E-state index in [0.29, 0.717) is 24.6 Å². The van der Waals surface area contributed by atoms with E-state index in [4.69, 9.17) is 5.73 Å². The minimum Gasteiger partial charge on any atom is -0.366 e. The lowest BCUT2D eigenvalue weighted by Crippen LogP contribution is -2.14. The zero-order valence-electron chi connectivity index (χ0n) is 12.4. The van der Waals surface area contributed by atoms with Crippen molar-refractivity contribution in [1.82, 2.24) is 19.6 Å². The van der Waals surface area contributed by atoms with Crippen molar-refractivity contribution < 1.29 is 13.2 Å². The molecule has 2 heterocycles. The molecule has 0 aliphatic carbocycles. The highest BCUT2D eigenvalue weighted by Gasteiger charge is 2.30. The number of alkyl halides is 3. The molecule has 0 aliphatic rings. The molecule has 0 amide bonds. The molecule has 0 fully saturated rings. The fourth-order valence-electron chi connectivity index (χ4n) is 2.09. The molecule has 7 nitrogen and oxygen atoms in total. The van der Waals surface area contributed by atoms with Gasteiger partial charge in [0.15, 0.2) is 11.5 Å².